The van der Waals surface area contributed by atoms with Gasteiger partial charge in [0.2, 0.25) is 0 Å². The molecule has 4 heteroatoms. The molecule has 0 spiro atoms. The number of ether oxygens (including phenoxy) is 1. The Morgan fingerprint density at radius 1 is 1.05 bits per heavy atom. The lowest BCUT2D eigenvalue weighted by atomic mass is 9.56. The van der Waals surface area contributed by atoms with Crippen LogP contribution in [-0.4, -0.2) is 30.1 Å². The van der Waals surface area contributed by atoms with Crippen molar-refractivity contribution in [3.8, 4) is 0 Å². The zero-order valence-electron chi connectivity index (χ0n) is 13.1. The summed E-state index contributed by atoms with van der Waals surface area (Å²) < 4.78 is 5.32. The van der Waals surface area contributed by atoms with E-state index in [4.69, 9.17) is 9.84 Å². The second kappa shape index (κ2) is 7.92. The fourth-order valence-corrected chi connectivity index (χ4v) is 4.47. The first-order valence-corrected chi connectivity index (χ1v) is 8.39. The molecule has 0 radical (unpaired) electrons. The molecule has 3 aliphatic rings. The van der Waals surface area contributed by atoms with E-state index in [1.807, 2.05) is 0 Å². The Bertz CT molecular complexity index is 358. The van der Waals surface area contributed by atoms with Gasteiger partial charge in [0.15, 0.2) is 0 Å². The Labute approximate surface area is 127 Å². The van der Waals surface area contributed by atoms with Gasteiger partial charge in [0.05, 0.1) is 13.0 Å². The van der Waals surface area contributed by atoms with Crippen LogP contribution < -0.4 is 0 Å². The first-order valence-electron chi connectivity index (χ1n) is 8.39. The molecular formula is C17H28O4. The molecule has 2 bridgehead atoms. The number of unbranched alkanes of at least 4 members (excludes halogenated alkanes) is 1. The van der Waals surface area contributed by atoms with E-state index in [2.05, 4.69) is 0 Å². The summed E-state index contributed by atoms with van der Waals surface area (Å²) in [5.74, 6) is 1.89. The van der Waals surface area contributed by atoms with Gasteiger partial charge in [0.25, 0.3) is 0 Å². The predicted molar refractivity (Wildman–Crippen MR) is 80.0 cm³/mol. The van der Waals surface area contributed by atoms with Crippen molar-refractivity contribution >= 4 is 11.8 Å². The number of carbonyl (C=O) groups excluding carboxylic acids is 1. The van der Waals surface area contributed by atoms with Crippen LogP contribution in [0.5, 0.6) is 0 Å². The molecule has 0 aliphatic heterocycles. The fourth-order valence-electron chi connectivity index (χ4n) is 4.47. The molecule has 1 N–H and O–H groups in total. The highest BCUT2D eigenvalue weighted by Gasteiger charge is 2.44. The number of carboxylic acid groups (broad SMARTS) is 1. The number of carbonyl (C=O) groups is 2. The first-order chi connectivity index (χ1) is 10.1. The van der Waals surface area contributed by atoms with Gasteiger partial charge < -0.3 is 9.84 Å². The SMILES string of the molecule is CC(=O)C1C2CCC(CC2)C1CCCCOCCC(=O)O. The Morgan fingerprint density at radius 2 is 1.71 bits per heavy atom. The molecule has 0 heterocycles. The normalized spacial score (nSPS) is 31.3. The Morgan fingerprint density at radius 3 is 2.33 bits per heavy atom. The van der Waals surface area contributed by atoms with E-state index in [1.165, 1.54) is 25.7 Å². The number of rotatable bonds is 9. The molecule has 0 saturated heterocycles. The third-order valence-electron chi connectivity index (χ3n) is 5.40. The standard InChI is InChI=1S/C17H28O4/c1-12(18)17-14-7-5-13(6-8-14)15(17)4-2-3-10-21-11-9-16(19)20/h13-15,17H,2-11H2,1H3,(H,19,20). The Balaban J connectivity index is 1.67. The molecule has 120 valence electrons. The van der Waals surface area contributed by atoms with Crippen molar-refractivity contribution in [3.63, 3.8) is 0 Å². The average molecular weight is 296 g/mol. The van der Waals surface area contributed by atoms with Crippen LogP contribution in [0.25, 0.3) is 0 Å². The first kappa shape index (κ1) is 16.5. The highest BCUT2D eigenvalue weighted by Crippen LogP contribution is 2.50. The summed E-state index contributed by atoms with van der Waals surface area (Å²) in [6, 6.07) is 0. The van der Waals surface area contributed by atoms with E-state index in [0.717, 1.165) is 25.2 Å². The van der Waals surface area contributed by atoms with Crippen molar-refractivity contribution in [3.05, 3.63) is 0 Å². The van der Waals surface area contributed by atoms with E-state index < -0.39 is 5.97 Å². The lowest BCUT2D eigenvalue weighted by Crippen LogP contribution is -2.43. The van der Waals surface area contributed by atoms with E-state index in [-0.39, 0.29) is 6.42 Å². The summed E-state index contributed by atoms with van der Waals surface area (Å²) in [5, 5.41) is 8.52. The molecule has 3 rings (SSSR count). The van der Waals surface area contributed by atoms with Gasteiger partial charge in [-0.1, -0.05) is 6.42 Å². The van der Waals surface area contributed by atoms with Gasteiger partial charge >= 0.3 is 5.97 Å². The number of aliphatic carboxylic acids is 1. The molecule has 3 saturated carbocycles. The second-order valence-corrected chi connectivity index (χ2v) is 6.73. The summed E-state index contributed by atoms with van der Waals surface area (Å²) in [6.45, 7) is 2.71. The van der Waals surface area contributed by atoms with Crippen LogP contribution >= 0.6 is 0 Å². The summed E-state index contributed by atoms with van der Waals surface area (Å²) in [7, 11) is 0. The van der Waals surface area contributed by atoms with Crippen LogP contribution in [0.15, 0.2) is 0 Å². The zero-order chi connectivity index (χ0) is 15.2. The van der Waals surface area contributed by atoms with Crippen LogP contribution in [-0.2, 0) is 14.3 Å². The summed E-state index contributed by atoms with van der Waals surface area (Å²) in [6.07, 6.45) is 8.41. The van der Waals surface area contributed by atoms with Crippen LogP contribution in [0, 0.1) is 23.7 Å². The van der Waals surface area contributed by atoms with Crippen molar-refractivity contribution in [1.29, 1.82) is 0 Å². The molecule has 0 aromatic heterocycles. The molecule has 0 aromatic rings. The minimum Gasteiger partial charge on any atom is -0.481 e. The molecule has 0 amide bonds. The maximum Gasteiger partial charge on any atom is 0.305 e. The molecule has 0 aromatic carbocycles. The van der Waals surface area contributed by atoms with E-state index >= 15 is 0 Å². The molecule has 4 nitrogen and oxygen atoms in total. The van der Waals surface area contributed by atoms with Crippen molar-refractivity contribution in [2.45, 2.75) is 58.3 Å². The number of fused-ring (bicyclic) bond motifs is 3. The smallest absolute Gasteiger partial charge is 0.305 e. The second-order valence-electron chi connectivity index (χ2n) is 6.73. The van der Waals surface area contributed by atoms with Gasteiger partial charge in [-0.3, -0.25) is 9.59 Å². The Hall–Kier alpha value is -0.900. The quantitative estimate of drug-likeness (QED) is 0.663. The minimum atomic E-state index is -0.808. The van der Waals surface area contributed by atoms with Crippen LogP contribution in [0.4, 0.5) is 0 Å². The largest absolute Gasteiger partial charge is 0.481 e. The maximum atomic E-state index is 12.0. The highest BCUT2D eigenvalue weighted by molar-refractivity contribution is 5.79. The van der Waals surface area contributed by atoms with E-state index in [0.29, 0.717) is 36.8 Å². The Kier molecular flexibility index (Phi) is 6.22. The number of hydrogen-bond donors (Lipinski definition) is 1. The third kappa shape index (κ3) is 4.53. The van der Waals surface area contributed by atoms with Gasteiger partial charge in [-0.05, 0) is 63.2 Å². The van der Waals surface area contributed by atoms with Crippen molar-refractivity contribution in [1.82, 2.24) is 0 Å². The van der Waals surface area contributed by atoms with Crippen LogP contribution in [0.2, 0.25) is 0 Å². The number of ketones is 1. The molecule has 3 fully saturated rings. The zero-order valence-corrected chi connectivity index (χ0v) is 13.1. The number of hydrogen-bond acceptors (Lipinski definition) is 3. The topological polar surface area (TPSA) is 63.6 Å². The summed E-state index contributed by atoms with van der Waals surface area (Å²) in [4.78, 5) is 22.3. The molecular weight excluding hydrogens is 268 g/mol. The summed E-state index contributed by atoms with van der Waals surface area (Å²) >= 11 is 0. The average Bonchev–Trinajstić information content (AvgIpc) is 2.46. The summed E-state index contributed by atoms with van der Waals surface area (Å²) in [5.41, 5.74) is 0. The molecule has 3 aliphatic carbocycles. The fraction of sp³-hybridized carbons (Fsp3) is 0.882. The van der Waals surface area contributed by atoms with Gasteiger partial charge in [0.1, 0.15) is 5.78 Å². The van der Waals surface area contributed by atoms with Crippen LogP contribution in [0.3, 0.4) is 0 Å². The highest BCUT2D eigenvalue weighted by atomic mass is 16.5. The lowest BCUT2D eigenvalue weighted by Gasteiger charge is -2.48. The molecule has 2 atom stereocenters. The number of carboxylic acids is 1. The number of Topliss-reactive ketones (excluding diaryl/α,β-unsaturated/α-hetero) is 1. The van der Waals surface area contributed by atoms with Gasteiger partial charge in [-0.15, -0.1) is 0 Å². The van der Waals surface area contributed by atoms with E-state index in [9.17, 15) is 9.59 Å². The monoisotopic (exact) mass is 296 g/mol. The van der Waals surface area contributed by atoms with Gasteiger partial charge in [0, 0.05) is 12.5 Å². The van der Waals surface area contributed by atoms with Crippen molar-refractivity contribution in [2.75, 3.05) is 13.2 Å². The van der Waals surface area contributed by atoms with Gasteiger partial charge in [-0.2, -0.15) is 0 Å². The molecule has 21 heavy (non-hydrogen) atoms. The van der Waals surface area contributed by atoms with Crippen molar-refractivity contribution in [2.24, 2.45) is 23.7 Å². The van der Waals surface area contributed by atoms with Crippen molar-refractivity contribution < 1.29 is 19.4 Å². The molecule has 2 unspecified atom stereocenters. The lowest BCUT2D eigenvalue weighted by molar-refractivity contribution is -0.138. The maximum absolute atomic E-state index is 12.0. The minimum absolute atomic E-state index is 0.0821. The predicted octanol–water partition coefficient (Wildman–Crippen LogP) is 3.29. The van der Waals surface area contributed by atoms with E-state index in [1.54, 1.807) is 6.92 Å². The van der Waals surface area contributed by atoms with Crippen LogP contribution in [0.1, 0.15) is 58.3 Å². The van der Waals surface area contributed by atoms with Gasteiger partial charge in [-0.25, -0.2) is 0 Å². The third-order valence-corrected chi connectivity index (χ3v) is 5.40.